The van der Waals surface area contributed by atoms with Gasteiger partial charge in [-0.3, -0.25) is 4.79 Å². The minimum atomic E-state index is -0.393. The molecule has 1 aliphatic heterocycles. The van der Waals surface area contributed by atoms with E-state index in [9.17, 15) is 4.79 Å². The van der Waals surface area contributed by atoms with Crippen molar-refractivity contribution in [2.24, 2.45) is 0 Å². The second-order valence-corrected chi connectivity index (χ2v) is 6.03. The second kappa shape index (κ2) is 5.34. The Morgan fingerprint density at radius 2 is 1.76 bits per heavy atom. The molecule has 2 aromatic carbocycles. The van der Waals surface area contributed by atoms with Crippen LogP contribution in [0.5, 0.6) is 0 Å². The van der Waals surface area contributed by atoms with Gasteiger partial charge in [-0.1, -0.05) is 36.4 Å². The van der Waals surface area contributed by atoms with E-state index in [0.29, 0.717) is 0 Å². The summed E-state index contributed by atoms with van der Waals surface area (Å²) in [6.07, 6.45) is 0. The normalized spacial score (nSPS) is 13.8. The molecule has 0 unspecified atom stereocenters. The highest BCUT2D eigenvalue weighted by atomic mass is 16.1. The van der Waals surface area contributed by atoms with Crippen molar-refractivity contribution in [1.29, 1.82) is 0 Å². The van der Waals surface area contributed by atoms with Crippen LogP contribution in [0.1, 0.15) is 40.9 Å². The lowest BCUT2D eigenvalue weighted by atomic mass is 9.93. The molecule has 2 aromatic rings. The highest BCUT2D eigenvalue weighted by Gasteiger charge is 2.23. The molecule has 0 aliphatic carbocycles. The fraction of sp³-hybridized carbons (Fsp3) is 0.278. The number of benzene rings is 2. The van der Waals surface area contributed by atoms with E-state index in [2.05, 4.69) is 10.6 Å². The van der Waals surface area contributed by atoms with Crippen LogP contribution in [0.3, 0.4) is 0 Å². The van der Waals surface area contributed by atoms with Crippen LogP contribution in [0.15, 0.2) is 48.5 Å². The summed E-state index contributed by atoms with van der Waals surface area (Å²) in [5, 5.41) is 6.42. The van der Waals surface area contributed by atoms with E-state index in [1.165, 1.54) is 11.1 Å². The molecule has 0 spiro atoms. The predicted molar refractivity (Wildman–Crippen MR) is 83.9 cm³/mol. The Morgan fingerprint density at radius 3 is 2.52 bits per heavy atom. The van der Waals surface area contributed by atoms with Gasteiger partial charge in [0.15, 0.2) is 0 Å². The summed E-state index contributed by atoms with van der Waals surface area (Å²) in [7, 11) is 0. The van der Waals surface area contributed by atoms with Gasteiger partial charge in [-0.05, 0) is 42.7 Å². The number of amides is 1. The Morgan fingerprint density at radius 1 is 1.05 bits per heavy atom. The standard InChI is InChI=1S/C18H20N2O/c1-18(2,16-6-4-3-5-7-16)20-17(21)13-8-9-14-11-19-12-15(14)10-13/h3-10,19H,11-12H2,1-2H3,(H,20,21). The van der Waals surface area contributed by atoms with Crippen LogP contribution < -0.4 is 10.6 Å². The van der Waals surface area contributed by atoms with Crippen molar-refractivity contribution in [3.8, 4) is 0 Å². The van der Waals surface area contributed by atoms with Gasteiger partial charge in [-0.15, -0.1) is 0 Å². The molecule has 3 nitrogen and oxygen atoms in total. The van der Waals surface area contributed by atoms with Gasteiger partial charge in [0.05, 0.1) is 5.54 Å². The molecule has 2 N–H and O–H groups in total. The first-order chi connectivity index (χ1) is 10.1. The van der Waals surface area contributed by atoms with Crippen LogP contribution in [-0.2, 0) is 18.6 Å². The van der Waals surface area contributed by atoms with Crippen LogP contribution in [0.4, 0.5) is 0 Å². The van der Waals surface area contributed by atoms with E-state index in [4.69, 9.17) is 0 Å². The molecule has 0 saturated carbocycles. The van der Waals surface area contributed by atoms with Gasteiger partial charge in [0.2, 0.25) is 0 Å². The van der Waals surface area contributed by atoms with Crippen molar-refractivity contribution in [3.05, 3.63) is 70.8 Å². The Hall–Kier alpha value is -2.13. The van der Waals surface area contributed by atoms with E-state index in [0.717, 1.165) is 24.2 Å². The van der Waals surface area contributed by atoms with Crippen LogP contribution in [-0.4, -0.2) is 5.91 Å². The first kappa shape index (κ1) is 13.8. The zero-order valence-corrected chi connectivity index (χ0v) is 12.4. The molecule has 0 radical (unpaired) electrons. The monoisotopic (exact) mass is 280 g/mol. The number of nitrogens with one attached hydrogen (secondary N) is 2. The maximum Gasteiger partial charge on any atom is 0.251 e. The van der Waals surface area contributed by atoms with Crippen LogP contribution >= 0.6 is 0 Å². The Kier molecular flexibility index (Phi) is 3.52. The first-order valence-electron chi connectivity index (χ1n) is 7.27. The lowest BCUT2D eigenvalue weighted by Gasteiger charge is -2.27. The average molecular weight is 280 g/mol. The van der Waals surface area contributed by atoms with Crippen molar-refractivity contribution in [2.45, 2.75) is 32.5 Å². The molecule has 0 fully saturated rings. The highest BCUT2D eigenvalue weighted by molar-refractivity contribution is 5.95. The summed E-state index contributed by atoms with van der Waals surface area (Å²) >= 11 is 0. The van der Waals surface area contributed by atoms with Crippen molar-refractivity contribution in [3.63, 3.8) is 0 Å². The van der Waals surface area contributed by atoms with Gasteiger partial charge in [-0.25, -0.2) is 0 Å². The molecule has 0 aromatic heterocycles. The lowest BCUT2D eigenvalue weighted by Crippen LogP contribution is -2.41. The summed E-state index contributed by atoms with van der Waals surface area (Å²) in [5.41, 5.74) is 3.94. The average Bonchev–Trinajstić information content (AvgIpc) is 2.95. The highest BCUT2D eigenvalue weighted by Crippen LogP contribution is 2.21. The van der Waals surface area contributed by atoms with Gasteiger partial charge in [0.25, 0.3) is 5.91 Å². The van der Waals surface area contributed by atoms with Gasteiger partial charge >= 0.3 is 0 Å². The van der Waals surface area contributed by atoms with Crippen LogP contribution in [0, 0.1) is 0 Å². The summed E-state index contributed by atoms with van der Waals surface area (Å²) in [4.78, 5) is 12.5. The second-order valence-electron chi connectivity index (χ2n) is 6.03. The van der Waals surface area contributed by atoms with Crippen molar-refractivity contribution in [2.75, 3.05) is 0 Å². The minimum Gasteiger partial charge on any atom is -0.343 e. The number of hydrogen-bond acceptors (Lipinski definition) is 2. The molecule has 1 heterocycles. The molecule has 108 valence electrons. The summed E-state index contributed by atoms with van der Waals surface area (Å²) in [6, 6.07) is 16.0. The van der Waals surface area contributed by atoms with Crippen LogP contribution in [0.2, 0.25) is 0 Å². The van der Waals surface area contributed by atoms with E-state index >= 15 is 0 Å². The summed E-state index contributed by atoms with van der Waals surface area (Å²) in [6.45, 7) is 5.79. The van der Waals surface area contributed by atoms with Crippen molar-refractivity contribution in [1.82, 2.24) is 10.6 Å². The maximum absolute atomic E-state index is 12.5. The van der Waals surface area contributed by atoms with Crippen molar-refractivity contribution >= 4 is 5.91 Å². The molecular weight excluding hydrogens is 260 g/mol. The summed E-state index contributed by atoms with van der Waals surface area (Å²) < 4.78 is 0. The number of hydrogen-bond donors (Lipinski definition) is 2. The zero-order valence-electron chi connectivity index (χ0n) is 12.4. The van der Waals surface area contributed by atoms with Crippen LogP contribution in [0.25, 0.3) is 0 Å². The molecule has 3 heteroatoms. The predicted octanol–water partition coefficient (Wildman–Crippen LogP) is 2.95. The third-order valence-corrected chi connectivity index (χ3v) is 4.02. The number of fused-ring (bicyclic) bond motifs is 1. The molecule has 3 rings (SSSR count). The van der Waals surface area contributed by atoms with E-state index in [1.807, 2.05) is 62.4 Å². The quantitative estimate of drug-likeness (QED) is 0.907. The molecule has 0 atom stereocenters. The first-order valence-corrected chi connectivity index (χ1v) is 7.27. The Bertz CT molecular complexity index is 662. The number of rotatable bonds is 3. The third-order valence-electron chi connectivity index (χ3n) is 4.02. The van der Waals surface area contributed by atoms with Gasteiger partial charge in [0.1, 0.15) is 0 Å². The largest absolute Gasteiger partial charge is 0.343 e. The smallest absolute Gasteiger partial charge is 0.251 e. The molecular formula is C18H20N2O. The summed E-state index contributed by atoms with van der Waals surface area (Å²) in [5.74, 6) is -0.0291. The fourth-order valence-corrected chi connectivity index (χ4v) is 2.72. The maximum atomic E-state index is 12.5. The van der Waals surface area contributed by atoms with E-state index in [1.54, 1.807) is 0 Å². The van der Waals surface area contributed by atoms with Gasteiger partial charge in [0, 0.05) is 18.7 Å². The number of carbonyl (C=O) groups excluding carboxylic acids is 1. The van der Waals surface area contributed by atoms with E-state index < -0.39 is 5.54 Å². The fourth-order valence-electron chi connectivity index (χ4n) is 2.72. The Balaban J connectivity index is 1.80. The zero-order chi connectivity index (χ0) is 14.9. The SMILES string of the molecule is CC(C)(NC(=O)c1ccc2c(c1)CNC2)c1ccccc1. The molecule has 21 heavy (non-hydrogen) atoms. The Labute approximate surface area is 125 Å². The third kappa shape index (κ3) is 2.83. The van der Waals surface area contributed by atoms with Gasteiger partial charge in [-0.2, -0.15) is 0 Å². The van der Waals surface area contributed by atoms with E-state index in [-0.39, 0.29) is 5.91 Å². The molecule has 1 aliphatic rings. The molecule has 0 bridgehead atoms. The molecule has 1 amide bonds. The van der Waals surface area contributed by atoms with Gasteiger partial charge < -0.3 is 10.6 Å². The van der Waals surface area contributed by atoms with Crippen molar-refractivity contribution < 1.29 is 4.79 Å². The topological polar surface area (TPSA) is 41.1 Å². The molecule has 0 saturated heterocycles. The number of carbonyl (C=O) groups is 1. The minimum absolute atomic E-state index is 0.0291. The lowest BCUT2D eigenvalue weighted by molar-refractivity contribution is 0.0912.